The Morgan fingerprint density at radius 1 is 1.29 bits per heavy atom. The number of aromatic nitrogens is 2. The molecule has 2 aromatic heterocycles. The van der Waals surface area contributed by atoms with Crippen LogP contribution in [0.4, 0.5) is 0 Å². The summed E-state index contributed by atoms with van der Waals surface area (Å²) in [7, 11) is 0. The highest BCUT2D eigenvalue weighted by atomic mass is 32.1. The average molecular weight is 293 g/mol. The van der Waals surface area contributed by atoms with Crippen molar-refractivity contribution in [1.29, 1.82) is 0 Å². The molecule has 4 heteroatoms. The summed E-state index contributed by atoms with van der Waals surface area (Å²) >= 11 is 1.63. The van der Waals surface area contributed by atoms with Gasteiger partial charge in [-0.25, -0.2) is 4.98 Å². The van der Waals surface area contributed by atoms with Crippen LogP contribution in [0.5, 0.6) is 0 Å². The largest absolute Gasteiger partial charge is 0.361 e. The maximum atomic E-state index is 4.73. The van der Waals surface area contributed by atoms with E-state index in [1.54, 1.807) is 17.6 Å². The van der Waals surface area contributed by atoms with Gasteiger partial charge in [0.05, 0.1) is 5.69 Å². The molecule has 0 bridgehead atoms. The van der Waals surface area contributed by atoms with Gasteiger partial charge in [-0.2, -0.15) is 0 Å². The standard InChI is InChI=1S/C17H15N3S/c1-3-18-9-14-12(2)19-10-15(14)17-20-16(11-21-17)13-7-5-4-6-8-13/h3-11,19H,2H2,1H3/b14-9+,18-3-. The first-order chi connectivity index (χ1) is 10.3. The van der Waals surface area contributed by atoms with E-state index in [9.17, 15) is 0 Å². The Labute approximate surface area is 127 Å². The Balaban J connectivity index is 2.08. The summed E-state index contributed by atoms with van der Waals surface area (Å²) in [6.07, 6.45) is 5.51. The van der Waals surface area contributed by atoms with Crippen LogP contribution in [-0.2, 0) is 0 Å². The van der Waals surface area contributed by atoms with E-state index < -0.39 is 0 Å². The van der Waals surface area contributed by atoms with Gasteiger partial charge in [0.15, 0.2) is 0 Å². The molecule has 0 radical (unpaired) electrons. The van der Waals surface area contributed by atoms with E-state index in [1.807, 2.05) is 37.5 Å². The summed E-state index contributed by atoms with van der Waals surface area (Å²) in [5.41, 5.74) is 3.16. The lowest BCUT2D eigenvalue weighted by molar-refractivity contribution is 1.32. The Hall–Kier alpha value is -2.46. The first-order valence-electron chi connectivity index (χ1n) is 6.65. The zero-order valence-corrected chi connectivity index (χ0v) is 12.5. The molecule has 0 unspecified atom stereocenters. The second-order valence-corrected chi connectivity index (χ2v) is 5.39. The quantitative estimate of drug-likeness (QED) is 0.741. The van der Waals surface area contributed by atoms with Crippen molar-refractivity contribution in [2.24, 2.45) is 4.99 Å². The Kier molecular flexibility index (Phi) is 3.79. The monoisotopic (exact) mass is 293 g/mol. The van der Waals surface area contributed by atoms with Gasteiger partial charge in [-0.05, 0) is 6.92 Å². The third-order valence-corrected chi connectivity index (χ3v) is 4.04. The lowest BCUT2D eigenvalue weighted by Crippen LogP contribution is -2.21. The lowest BCUT2D eigenvalue weighted by Gasteiger charge is -1.94. The van der Waals surface area contributed by atoms with E-state index in [0.717, 1.165) is 32.4 Å². The zero-order chi connectivity index (χ0) is 14.7. The molecule has 0 aliphatic carbocycles. The molecule has 3 rings (SSSR count). The molecule has 0 spiro atoms. The maximum Gasteiger partial charge on any atom is 0.126 e. The predicted molar refractivity (Wildman–Crippen MR) is 90.7 cm³/mol. The van der Waals surface area contributed by atoms with Gasteiger partial charge in [-0.1, -0.05) is 36.9 Å². The number of nitrogens with one attached hydrogen (secondary N) is 1. The van der Waals surface area contributed by atoms with E-state index >= 15 is 0 Å². The number of rotatable bonds is 3. The molecule has 0 saturated carbocycles. The molecule has 104 valence electrons. The molecular formula is C17H15N3S. The molecule has 3 aromatic rings. The minimum Gasteiger partial charge on any atom is -0.361 e. The first-order valence-corrected chi connectivity index (χ1v) is 7.53. The summed E-state index contributed by atoms with van der Waals surface area (Å²) < 4.78 is 0. The summed E-state index contributed by atoms with van der Waals surface area (Å²) in [5, 5.41) is 4.89. The van der Waals surface area contributed by atoms with Crippen molar-refractivity contribution in [1.82, 2.24) is 9.97 Å². The molecular weight excluding hydrogens is 278 g/mol. The second kappa shape index (κ2) is 5.89. The Bertz CT molecular complexity index is 872. The molecule has 0 amide bonds. The molecule has 21 heavy (non-hydrogen) atoms. The van der Waals surface area contributed by atoms with Gasteiger partial charge in [0.1, 0.15) is 5.01 Å². The molecule has 0 aliphatic heterocycles. The van der Waals surface area contributed by atoms with E-state index in [-0.39, 0.29) is 0 Å². The minimum atomic E-state index is 0.854. The molecule has 0 aliphatic rings. The molecule has 0 fully saturated rings. The van der Waals surface area contributed by atoms with Crippen molar-refractivity contribution in [3.63, 3.8) is 0 Å². The number of H-pyrrole nitrogens is 1. The number of benzene rings is 1. The number of thiazole rings is 1. The van der Waals surface area contributed by atoms with Crippen molar-refractivity contribution in [2.75, 3.05) is 0 Å². The van der Waals surface area contributed by atoms with Gasteiger partial charge < -0.3 is 4.98 Å². The highest BCUT2D eigenvalue weighted by molar-refractivity contribution is 7.13. The van der Waals surface area contributed by atoms with Crippen LogP contribution in [0.1, 0.15) is 6.92 Å². The van der Waals surface area contributed by atoms with Crippen LogP contribution >= 0.6 is 11.3 Å². The molecule has 0 atom stereocenters. The van der Waals surface area contributed by atoms with Crippen LogP contribution in [0.25, 0.3) is 34.6 Å². The number of aliphatic imine (C=N–C) groups is 1. The van der Waals surface area contributed by atoms with Crippen LogP contribution in [0, 0.1) is 0 Å². The van der Waals surface area contributed by atoms with Crippen molar-refractivity contribution in [2.45, 2.75) is 6.92 Å². The van der Waals surface area contributed by atoms with E-state index in [4.69, 9.17) is 4.98 Å². The molecule has 1 aromatic carbocycles. The van der Waals surface area contributed by atoms with E-state index in [0.29, 0.717) is 0 Å². The Morgan fingerprint density at radius 3 is 2.86 bits per heavy atom. The van der Waals surface area contributed by atoms with E-state index in [1.165, 1.54) is 0 Å². The van der Waals surface area contributed by atoms with Crippen molar-refractivity contribution in [3.05, 3.63) is 52.5 Å². The lowest BCUT2D eigenvalue weighted by atomic mass is 10.2. The van der Waals surface area contributed by atoms with Gasteiger partial charge in [-0.15, -0.1) is 11.3 Å². The van der Waals surface area contributed by atoms with Crippen LogP contribution in [0.15, 0.2) is 46.9 Å². The van der Waals surface area contributed by atoms with Crippen molar-refractivity contribution < 1.29 is 0 Å². The predicted octanol–water partition coefficient (Wildman–Crippen LogP) is 3.04. The number of nitrogens with zero attached hydrogens (tertiary/aromatic N) is 2. The van der Waals surface area contributed by atoms with E-state index in [2.05, 4.69) is 34.1 Å². The third-order valence-electron chi connectivity index (χ3n) is 3.16. The van der Waals surface area contributed by atoms with Crippen molar-refractivity contribution in [3.8, 4) is 21.8 Å². The fraction of sp³-hybridized carbons (Fsp3) is 0.0588. The highest BCUT2D eigenvalue weighted by Gasteiger charge is 2.09. The van der Waals surface area contributed by atoms with Crippen LogP contribution in [-0.4, -0.2) is 16.2 Å². The zero-order valence-electron chi connectivity index (χ0n) is 11.7. The SMILES string of the molecule is C=c1[nH]cc(-c2nc(-c3ccccc3)cs2)/c1=C/N=C\C. The summed E-state index contributed by atoms with van der Waals surface area (Å²) in [5.74, 6) is 0. The highest BCUT2D eigenvalue weighted by Crippen LogP contribution is 2.26. The number of aromatic amines is 1. The average Bonchev–Trinajstić information content (AvgIpc) is 3.13. The minimum absolute atomic E-state index is 0.854. The summed E-state index contributed by atoms with van der Waals surface area (Å²) in [6.45, 7) is 5.89. The second-order valence-electron chi connectivity index (χ2n) is 4.53. The summed E-state index contributed by atoms with van der Waals surface area (Å²) in [6, 6.07) is 10.2. The van der Waals surface area contributed by atoms with Crippen LogP contribution in [0.3, 0.4) is 0 Å². The van der Waals surface area contributed by atoms with Crippen molar-refractivity contribution >= 4 is 30.3 Å². The summed E-state index contributed by atoms with van der Waals surface area (Å²) in [4.78, 5) is 12.1. The normalized spacial score (nSPS) is 12.3. The number of hydrogen-bond acceptors (Lipinski definition) is 3. The molecule has 0 saturated heterocycles. The third kappa shape index (κ3) is 2.71. The maximum absolute atomic E-state index is 4.73. The Morgan fingerprint density at radius 2 is 2.10 bits per heavy atom. The topological polar surface area (TPSA) is 41.0 Å². The molecule has 2 heterocycles. The van der Waals surface area contributed by atoms with Crippen LogP contribution in [0.2, 0.25) is 0 Å². The molecule has 1 N–H and O–H groups in total. The van der Waals surface area contributed by atoms with Gasteiger partial charge in [-0.3, -0.25) is 4.99 Å². The van der Waals surface area contributed by atoms with Gasteiger partial charge in [0, 0.05) is 45.7 Å². The fourth-order valence-electron chi connectivity index (χ4n) is 2.09. The van der Waals surface area contributed by atoms with Crippen LogP contribution < -0.4 is 10.6 Å². The molecule has 3 nitrogen and oxygen atoms in total. The van der Waals surface area contributed by atoms with Gasteiger partial charge in [0.25, 0.3) is 0 Å². The smallest absolute Gasteiger partial charge is 0.126 e. The number of hydrogen-bond donors (Lipinski definition) is 1. The van der Waals surface area contributed by atoms with Gasteiger partial charge in [0.2, 0.25) is 0 Å². The first kappa shape index (κ1) is 13.5. The van der Waals surface area contributed by atoms with Gasteiger partial charge >= 0.3 is 0 Å². The fourth-order valence-corrected chi connectivity index (χ4v) is 2.95.